The summed E-state index contributed by atoms with van der Waals surface area (Å²) in [6.45, 7) is 12.6. The van der Waals surface area contributed by atoms with Gasteiger partial charge in [0.2, 0.25) is 0 Å². The summed E-state index contributed by atoms with van der Waals surface area (Å²) in [6, 6.07) is 6.39. The minimum atomic E-state index is -0.790. The molecule has 0 bridgehead atoms. The van der Waals surface area contributed by atoms with Crippen molar-refractivity contribution in [3.8, 4) is 0 Å². The molecule has 4 unspecified atom stereocenters. The zero-order valence-electron chi connectivity index (χ0n) is 23.4. The Morgan fingerprint density at radius 3 is 2.84 bits per heavy atom. The Bertz CT molecular complexity index is 982. The van der Waals surface area contributed by atoms with E-state index in [0.29, 0.717) is 25.0 Å². The van der Waals surface area contributed by atoms with Gasteiger partial charge in [-0.25, -0.2) is 0 Å². The third kappa shape index (κ3) is 8.60. The van der Waals surface area contributed by atoms with Crippen LogP contribution in [-0.2, 0) is 4.74 Å². The largest absolute Gasteiger partial charge is 0.380 e. The highest BCUT2D eigenvalue weighted by Gasteiger charge is 2.36. The van der Waals surface area contributed by atoms with Crippen LogP contribution in [-0.4, -0.2) is 79.7 Å². The summed E-state index contributed by atoms with van der Waals surface area (Å²) in [4.78, 5) is 6.90. The molecular formula is C29H49N5O3. The quantitative estimate of drug-likeness (QED) is 0.138. The number of benzene rings is 1. The minimum absolute atomic E-state index is 0.00416. The standard InChI is InChI=1S/C29H49N5O3/c1-6-37-16-14-31-13-7-10-24(28(30-5)34-15-8-9-23(34)17-20(2)3)29(36)32-22-11-12-26-25(19-22)21(4)18-27(35)33-26/h7,10-12,19-20,23-24,27-32,35-36H,6,8-9,13-18H2,1-5H3/b10-7+/t23?,24?,27-,28?,29?/m1/s1. The summed E-state index contributed by atoms with van der Waals surface area (Å²) in [5, 5.41) is 33.6. The lowest BCUT2D eigenvalue weighted by Gasteiger charge is -2.39. The number of rotatable bonds is 15. The Morgan fingerprint density at radius 1 is 1.30 bits per heavy atom. The summed E-state index contributed by atoms with van der Waals surface area (Å²) in [6.07, 6.45) is 6.87. The number of aliphatic hydroxyl groups excluding tert-OH is 2. The van der Waals surface area contributed by atoms with Gasteiger partial charge in [-0.3, -0.25) is 9.89 Å². The maximum atomic E-state index is 11.5. The molecule has 2 aliphatic rings. The van der Waals surface area contributed by atoms with Crippen molar-refractivity contribution >= 4 is 11.3 Å². The molecule has 37 heavy (non-hydrogen) atoms. The molecule has 0 spiro atoms. The fourth-order valence-corrected chi connectivity index (χ4v) is 5.62. The van der Waals surface area contributed by atoms with Gasteiger partial charge in [-0.15, -0.1) is 0 Å². The van der Waals surface area contributed by atoms with Crippen molar-refractivity contribution in [2.24, 2.45) is 16.8 Å². The Labute approximate surface area is 222 Å². The first-order valence-corrected chi connectivity index (χ1v) is 14.0. The van der Waals surface area contributed by atoms with Gasteiger partial charge in [0.25, 0.3) is 0 Å². The normalized spacial score (nSPS) is 22.8. The van der Waals surface area contributed by atoms with Crippen molar-refractivity contribution in [1.29, 1.82) is 0 Å². The van der Waals surface area contributed by atoms with Crippen LogP contribution in [0.4, 0.5) is 5.69 Å². The van der Waals surface area contributed by atoms with Crippen molar-refractivity contribution in [3.63, 3.8) is 0 Å². The van der Waals surface area contributed by atoms with Crippen LogP contribution >= 0.6 is 0 Å². The molecule has 2 heterocycles. The zero-order valence-corrected chi connectivity index (χ0v) is 23.4. The third-order valence-electron chi connectivity index (χ3n) is 7.34. The van der Waals surface area contributed by atoms with E-state index in [0.717, 1.165) is 54.5 Å². The maximum Gasteiger partial charge on any atom is 0.149 e. The molecule has 3 rings (SSSR count). The van der Waals surface area contributed by atoms with E-state index in [-0.39, 0.29) is 12.1 Å². The maximum absolute atomic E-state index is 11.5. The molecule has 8 nitrogen and oxygen atoms in total. The lowest BCUT2D eigenvalue weighted by atomic mass is 9.97. The molecular weight excluding hydrogens is 466 g/mol. The topological polar surface area (TPSA) is 101 Å². The fourth-order valence-electron chi connectivity index (χ4n) is 5.62. The average Bonchev–Trinajstić information content (AvgIpc) is 3.30. The number of fused-ring (bicyclic) bond motifs is 1. The molecule has 2 aliphatic heterocycles. The Balaban J connectivity index is 1.79. The van der Waals surface area contributed by atoms with Gasteiger partial charge in [-0.1, -0.05) is 31.6 Å². The van der Waals surface area contributed by atoms with Crippen molar-refractivity contribution in [1.82, 2.24) is 15.5 Å². The molecule has 0 aromatic heterocycles. The summed E-state index contributed by atoms with van der Waals surface area (Å²) in [5.41, 5.74) is 1.95. The van der Waals surface area contributed by atoms with E-state index in [2.05, 4.69) is 51.8 Å². The second-order valence-electron chi connectivity index (χ2n) is 10.7. The molecule has 0 radical (unpaired) electrons. The second-order valence-corrected chi connectivity index (χ2v) is 10.7. The van der Waals surface area contributed by atoms with Crippen LogP contribution in [0.3, 0.4) is 0 Å². The predicted octanol–water partition coefficient (Wildman–Crippen LogP) is 1.78. The van der Waals surface area contributed by atoms with E-state index < -0.39 is 12.5 Å². The van der Waals surface area contributed by atoms with Crippen molar-refractivity contribution in [2.75, 3.05) is 45.2 Å². The van der Waals surface area contributed by atoms with Gasteiger partial charge in [-0.2, -0.15) is 0 Å². The van der Waals surface area contributed by atoms with Gasteiger partial charge in [0.15, 0.2) is 0 Å². The van der Waals surface area contributed by atoms with E-state index in [9.17, 15) is 10.2 Å². The van der Waals surface area contributed by atoms with Crippen LogP contribution in [0.1, 0.15) is 53.4 Å². The molecule has 1 fully saturated rings. The van der Waals surface area contributed by atoms with Crippen LogP contribution in [0.5, 0.6) is 0 Å². The van der Waals surface area contributed by atoms with E-state index >= 15 is 0 Å². The number of nitrogens with zero attached hydrogens (tertiary/aromatic N) is 2. The van der Waals surface area contributed by atoms with Crippen molar-refractivity contribution in [3.05, 3.63) is 40.9 Å². The minimum Gasteiger partial charge on any atom is -0.380 e. The van der Waals surface area contributed by atoms with Gasteiger partial charge in [0.05, 0.1) is 24.0 Å². The summed E-state index contributed by atoms with van der Waals surface area (Å²) in [5.74, 6) is 0.465. The number of hydrogen-bond donors (Lipinski definition) is 5. The van der Waals surface area contributed by atoms with Crippen LogP contribution in [0.25, 0.3) is 5.57 Å². The van der Waals surface area contributed by atoms with Gasteiger partial charge in [0, 0.05) is 49.6 Å². The van der Waals surface area contributed by atoms with E-state index in [1.165, 1.54) is 12.8 Å². The molecule has 208 valence electrons. The number of aliphatic hydroxyl groups is 2. The first-order valence-electron chi connectivity index (χ1n) is 14.0. The molecule has 0 aliphatic carbocycles. The van der Waals surface area contributed by atoms with E-state index in [1.54, 1.807) is 0 Å². The summed E-state index contributed by atoms with van der Waals surface area (Å²) < 4.78 is 5.41. The van der Waals surface area contributed by atoms with Gasteiger partial charge >= 0.3 is 0 Å². The molecule has 1 saturated heterocycles. The van der Waals surface area contributed by atoms with Crippen molar-refractivity contribution < 1.29 is 14.9 Å². The number of likely N-dealkylation sites (tertiary alicyclic amines) is 1. The first kappa shape index (κ1) is 29.7. The zero-order chi connectivity index (χ0) is 26.8. The third-order valence-corrected chi connectivity index (χ3v) is 7.34. The van der Waals surface area contributed by atoms with Gasteiger partial charge in [-0.05, 0) is 64.3 Å². The summed E-state index contributed by atoms with van der Waals surface area (Å²) in [7, 11) is 1.99. The second kappa shape index (κ2) is 15.0. The molecule has 1 aromatic carbocycles. The molecule has 8 heteroatoms. The SMILES string of the molecule is CCOCCNC/C=C/C(C(O)Nc1ccc2c(c1)=C(C)C[C@@H](O)N=2)C(NC)N1CCCC1CC(C)C. The molecule has 1 aromatic rings. The highest BCUT2D eigenvalue weighted by atomic mass is 16.5. The lowest BCUT2D eigenvalue weighted by molar-refractivity contribution is 0.0495. The van der Waals surface area contributed by atoms with E-state index in [1.807, 2.05) is 39.1 Å². The monoisotopic (exact) mass is 515 g/mol. The van der Waals surface area contributed by atoms with Crippen LogP contribution in [0.2, 0.25) is 0 Å². The Morgan fingerprint density at radius 2 is 2.11 bits per heavy atom. The van der Waals surface area contributed by atoms with Crippen LogP contribution in [0, 0.1) is 11.8 Å². The summed E-state index contributed by atoms with van der Waals surface area (Å²) >= 11 is 0. The van der Waals surface area contributed by atoms with Gasteiger partial charge < -0.3 is 30.9 Å². The number of anilines is 1. The number of hydrogen-bond acceptors (Lipinski definition) is 8. The average molecular weight is 516 g/mol. The van der Waals surface area contributed by atoms with Crippen LogP contribution < -0.4 is 26.5 Å². The van der Waals surface area contributed by atoms with E-state index in [4.69, 9.17) is 4.74 Å². The highest BCUT2D eigenvalue weighted by Crippen LogP contribution is 2.29. The fraction of sp³-hybridized carbons (Fsp3) is 0.690. The van der Waals surface area contributed by atoms with Crippen LogP contribution in [0.15, 0.2) is 35.3 Å². The number of nitrogens with one attached hydrogen (secondary N) is 3. The first-order chi connectivity index (χ1) is 17.8. The lowest BCUT2D eigenvalue weighted by Crippen LogP contribution is -2.55. The smallest absolute Gasteiger partial charge is 0.149 e. The molecule has 5 N–H and O–H groups in total. The predicted molar refractivity (Wildman–Crippen MR) is 151 cm³/mol. The Hall–Kier alpha value is -1.81. The van der Waals surface area contributed by atoms with Gasteiger partial charge in [0.1, 0.15) is 12.5 Å². The highest BCUT2D eigenvalue weighted by molar-refractivity contribution is 5.51. The molecule has 5 atom stereocenters. The van der Waals surface area contributed by atoms with Crippen molar-refractivity contribution in [2.45, 2.75) is 78.0 Å². The number of ether oxygens (including phenoxy) is 1. The molecule has 0 amide bonds. The Kier molecular flexibility index (Phi) is 12.0. The molecule has 0 saturated carbocycles.